The Morgan fingerprint density at radius 1 is 1.03 bits per heavy atom. The summed E-state index contributed by atoms with van der Waals surface area (Å²) in [6.07, 6.45) is 0.833. The quantitative estimate of drug-likeness (QED) is 0.638. The number of carbonyl (C=O) groups excluding carboxylic acids is 2. The molecule has 0 aliphatic rings. The largest absolute Gasteiger partial charge is 0.483 e. The molecule has 2 amide bonds. The molecule has 5 nitrogen and oxygen atoms in total. The van der Waals surface area contributed by atoms with Crippen LogP contribution in [0.3, 0.4) is 0 Å². The Labute approximate surface area is 186 Å². The SMILES string of the molecule is CC[C@H](C)NC(=O)[C@H](C)N(Cc1ccccc1C)C(=O)COc1cc(C)cc(C)c1C. The molecule has 5 heteroatoms. The average molecular weight is 425 g/mol. The van der Waals surface area contributed by atoms with Crippen LogP contribution in [0.15, 0.2) is 36.4 Å². The molecule has 0 spiro atoms. The van der Waals surface area contributed by atoms with E-state index in [4.69, 9.17) is 4.74 Å². The maximum atomic E-state index is 13.2. The van der Waals surface area contributed by atoms with Crippen molar-refractivity contribution in [3.05, 3.63) is 64.2 Å². The lowest BCUT2D eigenvalue weighted by atomic mass is 10.1. The van der Waals surface area contributed by atoms with Gasteiger partial charge in [-0.05, 0) is 81.8 Å². The van der Waals surface area contributed by atoms with Crippen molar-refractivity contribution in [2.24, 2.45) is 0 Å². The van der Waals surface area contributed by atoms with Gasteiger partial charge in [0.05, 0.1) is 0 Å². The summed E-state index contributed by atoms with van der Waals surface area (Å²) in [5.41, 5.74) is 5.33. The van der Waals surface area contributed by atoms with Crippen molar-refractivity contribution in [1.29, 1.82) is 0 Å². The third-order valence-corrected chi connectivity index (χ3v) is 5.89. The monoisotopic (exact) mass is 424 g/mol. The predicted octanol–water partition coefficient (Wildman–Crippen LogP) is 4.63. The molecule has 0 heterocycles. The van der Waals surface area contributed by atoms with Crippen LogP contribution in [0.5, 0.6) is 5.75 Å². The summed E-state index contributed by atoms with van der Waals surface area (Å²) in [6.45, 7) is 14.0. The first-order valence-corrected chi connectivity index (χ1v) is 11.0. The van der Waals surface area contributed by atoms with Crippen molar-refractivity contribution < 1.29 is 14.3 Å². The second-order valence-electron chi connectivity index (χ2n) is 8.44. The van der Waals surface area contributed by atoms with Crippen LogP contribution in [0.25, 0.3) is 0 Å². The van der Waals surface area contributed by atoms with Crippen molar-refractivity contribution in [3.8, 4) is 5.75 Å². The van der Waals surface area contributed by atoms with Crippen LogP contribution in [0.4, 0.5) is 0 Å². The van der Waals surface area contributed by atoms with E-state index in [0.29, 0.717) is 12.3 Å². The van der Waals surface area contributed by atoms with Crippen molar-refractivity contribution >= 4 is 11.8 Å². The molecule has 0 bridgehead atoms. The summed E-state index contributed by atoms with van der Waals surface area (Å²) in [6, 6.07) is 11.4. The molecule has 0 aliphatic carbocycles. The Kier molecular flexibility index (Phi) is 8.66. The fourth-order valence-electron chi connectivity index (χ4n) is 3.39. The minimum absolute atomic E-state index is 0.0551. The first-order valence-electron chi connectivity index (χ1n) is 11.0. The second-order valence-corrected chi connectivity index (χ2v) is 8.44. The predicted molar refractivity (Wildman–Crippen MR) is 125 cm³/mol. The van der Waals surface area contributed by atoms with Crippen LogP contribution in [0.2, 0.25) is 0 Å². The van der Waals surface area contributed by atoms with E-state index in [1.807, 2.05) is 71.9 Å². The summed E-state index contributed by atoms with van der Waals surface area (Å²) < 4.78 is 5.92. The van der Waals surface area contributed by atoms with Crippen LogP contribution in [0, 0.1) is 27.7 Å². The normalized spacial score (nSPS) is 12.7. The molecule has 2 aromatic carbocycles. The van der Waals surface area contributed by atoms with Gasteiger partial charge < -0.3 is 15.0 Å². The molecule has 2 rings (SSSR count). The zero-order valence-electron chi connectivity index (χ0n) is 19.9. The van der Waals surface area contributed by atoms with Gasteiger partial charge in [0.1, 0.15) is 11.8 Å². The maximum absolute atomic E-state index is 13.2. The molecule has 0 saturated heterocycles. The number of rotatable bonds is 9. The molecule has 2 atom stereocenters. The number of carbonyl (C=O) groups is 2. The lowest BCUT2D eigenvalue weighted by Crippen LogP contribution is -2.50. The Bertz CT molecular complexity index is 923. The van der Waals surface area contributed by atoms with E-state index < -0.39 is 6.04 Å². The number of hydrogen-bond donors (Lipinski definition) is 1. The van der Waals surface area contributed by atoms with E-state index in [1.165, 1.54) is 0 Å². The lowest BCUT2D eigenvalue weighted by molar-refractivity contribution is -0.142. The summed E-state index contributed by atoms with van der Waals surface area (Å²) in [5, 5.41) is 2.99. The van der Waals surface area contributed by atoms with Gasteiger partial charge >= 0.3 is 0 Å². The highest BCUT2D eigenvalue weighted by atomic mass is 16.5. The average Bonchev–Trinajstić information content (AvgIpc) is 2.73. The lowest BCUT2D eigenvalue weighted by Gasteiger charge is -2.30. The number of nitrogens with zero attached hydrogens (tertiary/aromatic N) is 1. The second kappa shape index (κ2) is 11.0. The van der Waals surface area contributed by atoms with E-state index in [1.54, 1.807) is 11.8 Å². The van der Waals surface area contributed by atoms with Crippen molar-refractivity contribution in [3.63, 3.8) is 0 Å². The topological polar surface area (TPSA) is 58.6 Å². The highest BCUT2D eigenvalue weighted by Crippen LogP contribution is 2.23. The molecule has 0 aliphatic heterocycles. The fraction of sp³-hybridized carbons (Fsp3) is 0.462. The Morgan fingerprint density at radius 2 is 1.71 bits per heavy atom. The molecule has 1 N–H and O–H groups in total. The van der Waals surface area contributed by atoms with Crippen molar-refractivity contribution in [1.82, 2.24) is 10.2 Å². The van der Waals surface area contributed by atoms with Gasteiger partial charge in [0.15, 0.2) is 6.61 Å². The van der Waals surface area contributed by atoms with Crippen LogP contribution in [-0.2, 0) is 16.1 Å². The Hall–Kier alpha value is -2.82. The van der Waals surface area contributed by atoms with Crippen molar-refractivity contribution in [2.75, 3.05) is 6.61 Å². The van der Waals surface area contributed by atoms with E-state index in [2.05, 4.69) is 11.4 Å². The molecule has 2 aromatic rings. The molecule has 0 unspecified atom stereocenters. The van der Waals surface area contributed by atoms with Gasteiger partial charge in [0, 0.05) is 12.6 Å². The fourth-order valence-corrected chi connectivity index (χ4v) is 3.39. The minimum Gasteiger partial charge on any atom is -0.483 e. The van der Waals surface area contributed by atoms with Gasteiger partial charge in [-0.1, -0.05) is 37.3 Å². The van der Waals surface area contributed by atoms with Gasteiger partial charge in [0.2, 0.25) is 5.91 Å². The van der Waals surface area contributed by atoms with Crippen molar-refractivity contribution in [2.45, 2.75) is 73.5 Å². The smallest absolute Gasteiger partial charge is 0.261 e. The Morgan fingerprint density at radius 3 is 2.35 bits per heavy atom. The number of amides is 2. The molecule has 31 heavy (non-hydrogen) atoms. The molecular formula is C26H36N2O3. The number of hydrogen-bond acceptors (Lipinski definition) is 3. The van der Waals surface area contributed by atoms with Gasteiger partial charge in [-0.3, -0.25) is 9.59 Å². The number of ether oxygens (including phenoxy) is 1. The zero-order chi connectivity index (χ0) is 23.1. The van der Waals surface area contributed by atoms with E-state index in [9.17, 15) is 9.59 Å². The zero-order valence-corrected chi connectivity index (χ0v) is 19.9. The molecule has 0 radical (unpaired) electrons. The minimum atomic E-state index is -0.606. The van der Waals surface area contributed by atoms with E-state index in [0.717, 1.165) is 34.2 Å². The summed E-state index contributed by atoms with van der Waals surface area (Å²) >= 11 is 0. The summed E-state index contributed by atoms with van der Waals surface area (Å²) in [5.74, 6) is 0.339. The number of benzene rings is 2. The van der Waals surface area contributed by atoms with Gasteiger partial charge in [-0.15, -0.1) is 0 Å². The van der Waals surface area contributed by atoms with Crippen LogP contribution in [-0.4, -0.2) is 35.4 Å². The standard InChI is InChI=1S/C26H36N2O3/c1-8-20(5)27-26(30)22(7)28(15-23-12-10-9-11-18(23)3)25(29)16-31-24-14-17(2)13-19(4)21(24)6/h9-14,20,22H,8,15-16H2,1-7H3,(H,27,30)/t20-,22-/m0/s1. The van der Waals surface area contributed by atoms with E-state index >= 15 is 0 Å². The number of nitrogens with one attached hydrogen (secondary N) is 1. The van der Waals surface area contributed by atoms with Crippen LogP contribution in [0.1, 0.15) is 55.0 Å². The maximum Gasteiger partial charge on any atom is 0.261 e. The summed E-state index contributed by atoms with van der Waals surface area (Å²) in [4.78, 5) is 27.6. The molecule has 0 aromatic heterocycles. The van der Waals surface area contributed by atoms with Crippen LogP contribution >= 0.6 is 0 Å². The third-order valence-electron chi connectivity index (χ3n) is 5.89. The molecule has 0 saturated carbocycles. The first-order chi connectivity index (χ1) is 14.6. The number of aryl methyl sites for hydroxylation is 3. The highest BCUT2D eigenvalue weighted by Gasteiger charge is 2.27. The third kappa shape index (κ3) is 6.58. The highest BCUT2D eigenvalue weighted by molar-refractivity contribution is 5.88. The Balaban J connectivity index is 2.23. The first kappa shape index (κ1) is 24.4. The molecule has 0 fully saturated rings. The van der Waals surface area contributed by atoms with Gasteiger partial charge in [0.25, 0.3) is 5.91 Å². The van der Waals surface area contributed by atoms with Crippen LogP contribution < -0.4 is 10.1 Å². The molecular weight excluding hydrogens is 388 g/mol. The van der Waals surface area contributed by atoms with Gasteiger partial charge in [-0.2, -0.15) is 0 Å². The van der Waals surface area contributed by atoms with E-state index in [-0.39, 0.29) is 24.5 Å². The van der Waals surface area contributed by atoms with Gasteiger partial charge in [-0.25, -0.2) is 0 Å². The molecule has 168 valence electrons. The summed E-state index contributed by atoms with van der Waals surface area (Å²) in [7, 11) is 0.